The van der Waals surface area contributed by atoms with Crippen molar-refractivity contribution in [3.05, 3.63) is 24.3 Å². The fourth-order valence-corrected chi connectivity index (χ4v) is 2.55. The summed E-state index contributed by atoms with van der Waals surface area (Å²) < 4.78 is 22.7. The maximum Gasteiger partial charge on any atom is 0.150 e. The number of nitrogens with zero attached hydrogens (tertiary/aromatic N) is 1. The molecule has 1 aromatic carbocycles. The minimum absolute atomic E-state index is 0.223. The Kier molecular flexibility index (Phi) is 5.47. The van der Waals surface area contributed by atoms with Gasteiger partial charge in [0.2, 0.25) is 0 Å². The first-order valence-electron chi connectivity index (χ1n) is 6.17. The molecular formula is C13H22N2O2S. The summed E-state index contributed by atoms with van der Waals surface area (Å²) in [4.78, 5) is 2.03. The molecule has 0 aromatic heterocycles. The monoisotopic (exact) mass is 270 g/mol. The van der Waals surface area contributed by atoms with Crippen LogP contribution in [0.1, 0.15) is 13.3 Å². The van der Waals surface area contributed by atoms with Crippen LogP contribution in [0.15, 0.2) is 24.3 Å². The SMILES string of the molecule is CCS(=O)(=O)CCCNc1ccccc1N(C)C. The van der Waals surface area contributed by atoms with Gasteiger partial charge in [-0.15, -0.1) is 0 Å². The lowest BCUT2D eigenvalue weighted by atomic mass is 10.2. The summed E-state index contributed by atoms with van der Waals surface area (Å²) in [6, 6.07) is 7.99. The molecule has 0 heterocycles. The van der Waals surface area contributed by atoms with Crippen LogP contribution in [0.2, 0.25) is 0 Å². The summed E-state index contributed by atoms with van der Waals surface area (Å²) >= 11 is 0. The maximum absolute atomic E-state index is 11.3. The van der Waals surface area contributed by atoms with Crippen LogP contribution in [0, 0.1) is 0 Å². The van der Waals surface area contributed by atoms with Gasteiger partial charge in [0.05, 0.1) is 17.1 Å². The maximum atomic E-state index is 11.3. The Morgan fingerprint density at radius 1 is 1.22 bits per heavy atom. The van der Waals surface area contributed by atoms with Crippen molar-refractivity contribution in [3.8, 4) is 0 Å². The molecule has 5 heteroatoms. The lowest BCUT2D eigenvalue weighted by Gasteiger charge is -2.18. The fourth-order valence-electron chi connectivity index (χ4n) is 1.67. The highest BCUT2D eigenvalue weighted by atomic mass is 32.2. The first kappa shape index (κ1) is 14.8. The van der Waals surface area contributed by atoms with E-state index in [9.17, 15) is 8.42 Å². The summed E-state index contributed by atoms with van der Waals surface area (Å²) in [5, 5.41) is 3.29. The molecule has 0 saturated heterocycles. The Hall–Kier alpha value is -1.23. The molecular weight excluding hydrogens is 248 g/mol. The molecule has 1 aromatic rings. The zero-order chi connectivity index (χ0) is 13.6. The van der Waals surface area contributed by atoms with E-state index < -0.39 is 9.84 Å². The number of hydrogen-bond acceptors (Lipinski definition) is 4. The molecule has 0 radical (unpaired) electrons. The van der Waals surface area contributed by atoms with E-state index >= 15 is 0 Å². The van der Waals surface area contributed by atoms with Gasteiger partial charge in [0.25, 0.3) is 0 Å². The highest BCUT2D eigenvalue weighted by Crippen LogP contribution is 2.23. The summed E-state index contributed by atoms with van der Waals surface area (Å²) in [5.41, 5.74) is 2.15. The zero-order valence-electron chi connectivity index (χ0n) is 11.3. The Morgan fingerprint density at radius 3 is 2.50 bits per heavy atom. The molecule has 0 spiro atoms. The van der Waals surface area contributed by atoms with Gasteiger partial charge in [-0.3, -0.25) is 0 Å². The van der Waals surface area contributed by atoms with Gasteiger partial charge < -0.3 is 10.2 Å². The van der Waals surface area contributed by atoms with E-state index in [1.807, 2.05) is 43.3 Å². The van der Waals surface area contributed by atoms with Crippen molar-refractivity contribution >= 4 is 21.2 Å². The second-order valence-electron chi connectivity index (χ2n) is 4.43. The number of nitrogens with one attached hydrogen (secondary N) is 1. The van der Waals surface area contributed by atoms with Crippen LogP contribution in [0.4, 0.5) is 11.4 Å². The number of benzene rings is 1. The topological polar surface area (TPSA) is 49.4 Å². The van der Waals surface area contributed by atoms with Crippen LogP contribution >= 0.6 is 0 Å². The van der Waals surface area contributed by atoms with Crippen molar-refractivity contribution in [2.45, 2.75) is 13.3 Å². The molecule has 1 rings (SSSR count). The van der Waals surface area contributed by atoms with E-state index in [2.05, 4.69) is 5.32 Å². The van der Waals surface area contributed by atoms with Gasteiger partial charge >= 0.3 is 0 Å². The van der Waals surface area contributed by atoms with E-state index in [1.54, 1.807) is 6.92 Å². The van der Waals surface area contributed by atoms with Gasteiger partial charge in [-0.2, -0.15) is 0 Å². The second-order valence-corrected chi connectivity index (χ2v) is 6.90. The minimum atomic E-state index is -2.85. The van der Waals surface area contributed by atoms with Crippen molar-refractivity contribution in [1.29, 1.82) is 0 Å². The lowest BCUT2D eigenvalue weighted by molar-refractivity contribution is 0.595. The molecule has 0 fully saturated rings. The van der Waals surface area contributed by atoms with Crippen molar-refractivity contribution in [2.24, 2.45) is 0 Å². The molecule has 0 aliphatic heterocycles. The Bertz CT molecular complexity index is 470. The summed E-state index contributed by atoms with van der Waals surface area (Å²) in [7, 11) is 1.13. The average molecular weight is 270 g/mol. The van der Waals surface area contributed by atoms with Gasteiger partial charge in [-0.1, -0.05) is 19.1 Å². The highest BCUT2D eigenvalue weighted by Gasteiger charge is 2.07. The third-order valence-corrected chi connectivity index (χ3v) is 4.56. The first-order valence-corrected chi connectivity index (χ1v) is 7.99. The smallest absolute Gasteiger partial charge is 0.150 e. The molecule has 0 atom stereocenters. The molecule has 0 aliphatic carbocycles. The van der Waals surface area contributed by atoms with Crippen molar-refractivity contribution in [1.82, 2.24) is 0 Å². The lowest BCUT2D eigenvalue weighted by Crippen LogP contribution is -2.15. The second kappa shape index (κ2) is 6.64. The fraction of sp³-hybridized carbons (Fsp3) is 0.538. The van der Waals surface area contributed by atoms with Crippen molar-refractivity contribution < 1.29 is 8.42 Å². The molecule has 18 heavy (non-hydrogen) atoms. The van der Waals surface area contributed by atoms with Crippen LogP contribution in [0.3, 0.4) is 0 Å². The van der Waals surface area contributed by atoms with Gasteiger partial charge in [0.1, 0.15) is 9.84 Å². The Morgan fingerprint density at radius 2 is 1.89 bits per heavy atom. The van der Waals surface area contributed by atoms with Gasteiger partial charge in [0.15, 0.2) is 0 Å². The quantitative estimate of drug-likeness (QED) is 0.770. The summed E-state index contributed by atoms with van der Waals surface area (Å²) in [6.07, 6.45) is 0.637. The van der Waals surface area contributed by atoms with E-state index in [4.69, 9.17) is 0 Å². The normalized spacial score (nSPS) is 11.3. The average Bonchev–Trinajstić information content (AvgIpc) is 2.35. The van der Waals surface area contributed by atoms with E-state index in [1.165, 1.54) is 0 Å². The number of hydrogen-bond donors (Lipinski definition) is 1. The third kappa shape index (κ3) is 4.56. The number of anilines is 2. The molecule has 4 nitrogen and oxygen atoms in total. The largest absolute Gasteiger partial charge is 0.383 e. The standard InChI is InChI=1S/C13H22N2O2S/c1-4-18(16,17)11-7-10-14-12-8-5-6-9-13(12)15(2)3/h5-6,8-9,14H,4,7,10-11H2,1-3H3. The Labute approximate surface area is 110 Å². The van der Waals surface area contributed by atoms with Crippen LogP contribution in [0.5, 0.6) is 0 Å². The van der Waals surface area contributed by atoms with Crippen LogP contribution in [-0.2, 0) is 9.84 Å². The Balaban J connectivity index is 2.50. The van der Waals surface area contributed by atoms with Crippen LogP contribution in [-0.4, -0.2) is 40.6 Å². The van der Waals surface area contributed by atoms with E-state index in [0.29, 0.717) is 13.0 Å². The predicted molar refractivity (Wildman–Crippen MR) is 78.2 cm³/mol. The van der Waals surface area contributed by atoms with Crippen molar-refractivity contribution in [2.75, 3.05) is 42.4 Å². The third-order valence-electron chi connectivity index (χ3n) is 2.77. The molecule has 0 amide bonds. The summed E-state index contributed by atoms with van der Waals surface area (Å²) in [6.45, 7) is 2.36. The number of para-hydroxylation sites is 2. The van der Waals surface area contributed by atoms with Gasteiger partial charge in [0, 0.05) is 26.4 Å². The highest BCUT2D eigenvalue weighted by molar-refractivity contribution is 7.91. The molecule has 0 saturated carbocycles. The number of sulfone groups is 1. The van der Waals surface area contributed by atoms with Gasteiger partial charge in [-0.25, -0.2) is 8.42 Å². The predicted octanol–water partition coefficient (Wildman–Crippen LogP) is 1.99. The van der Waals surface area contributed by atoms with Crippen LogP contribution in [0.25, 0.3) is 0 Å². The minimum Gasteiger partial charge on any atom is -0.383 e. The van der Waals surface area contributed by atoms with Crippen LogP contribution < -0.4 is 10.2 Å². The molecule has 0 bridgehead atoms. The van der Waals surface area contributed by atoms with Crippen molar-refractivity contribution in [3.63, 3.8) is 0 Å². The van der Waals surface area contributed by atoms with E-state index in [-0.39, 0.29) is 11.5 Å². The molecule has 1 N–H and O–H groups in total. The van der Waals surface area contributed by atoms with Gasteiger partial charge in [-0.05, 0) is 18.6 Å². The zero-order valence-corrected chi connectivity index (χ0v) is 12.1. The summed E-state index contributed by atoms with van der Waals surface area (Å²) in [5.74, 6) is 0.474. The molecule has 0 aliphatic rings. The molecule has 102 valence electrons. The molecule has 0 unspecified atom stereocenters. The van der Waals surface area contributed by atoms with E-state index in [0.717, 1.165) is 11.4 Å². The first-order chi connectivity index (χ1) is 8.46. The number of rotatable bonds is 7.